The molecule has 0 aliphatic heterocycles. The zero-order valence-electron chi connectivity index (χ0n) is 21.7. The Hall–Kier alpha value is -3.73. The maximum absolute atomic E-state index is 12.8. The molecule has 0 saturated heterocycles. The molecule has 1 saturated carbocycles. The van der Waals surface area contributed by atoms with Crippen LogP contribution >= 0.6 is 11.6 Å². The Morgan fingerprint density at radius 1 is 1.24 bits per heavy atom. The van der Waals surface area contributed by atoms with Crippen LogP contribution in [0, 0.1) is 0 Å². The molecule has 12 heteroatoms. The van der Waals surface area contributed by atoms with Crippen molar-refractivity contribution in [2.75, 3.05) is 6.54 Å². The number of aromatic nitrogens is 5. The van der Waals surface area contributed by atoms with Crippen molar-refractivity contribution in [3.63, 3.8) is 0 Å². The molecule has 0 spiro atoms. The van der Waals surface area contributed by atoms with Gasteiger partial charge in [0.1, 0.15) is 17.0 Å². The summed E-state index contributed by atoms with van der Waals surface area (Å²) in [6.07, 6.45) is 2.11. The summed E-state index contributed by atoms with van der Waals surface area (Å²) in [5.74, 6) is -0.532. The van der Waals surface area contributed by atoms with Gasteiger partial charge in [-0.25, -0.2) is 9.48 Å². The summed E-state index contributed by atoms with van der Waals surface area (Å²) in [6, 6.07) is 10.5. The van der Waals surface area contributed by atoms with E-state index in [2.05, 4.69) is 25.8 Å². The zero-order chi connectivity index (χ0) is 27.5. The molecule has 0 radical (unpaired) electrons. The lowest BCUT2D eigenvalue weighted by Crippen LogP contribution is -2.45. The Labute approximate surface area is 225 Å². The van der Waals surface area contributed by atoms with Crippen molar-refractivity contribution in [1.29, 1.82) is 0 Å². The number of hydrogen-bond donors (Lipinski definition) is 3. The summed E-state index contributed by atoms with van der Waals surface area (Å²) in [5.41, 5.74) is 6.35. The summed E-state index contributed by atoms with van der Waals surface area (Å²) in [5, 5.41) is 18.6. The van der Waals surface area contributed by atoms with E-state index >= 15 is 0 Å². The summed E-state index contributed by atoms with van der Waals surface area (Å²) >= 11 is 6.32. The lowest BCUT2D eigenvalue weighted by molar-refractivity contribution is -0.117. The number of nitrogens with two attached hydrogens (primary N) is 1. The minimum absolute atomic E-state index is 0.0701. The second kappa shape index (κ2) is 10.9. The van der Waals surface area contributed by atoms with Gasteiger partial charge in [-0.05, 0) is 70.2 Å². The highest BCUT2D eigenvalue weighted by Crippen LogP contribution is 2.43. The monoisotopic (exact) mass is 541 g/mol. The van der Waals surface area contributed by atoms with Crippen molar-refractivity contribution in [3.8, 4) is 11.4 Å². The summed E-state index contributed by atoms with van der Waals surface area (Å²) in [6.45, 7) is 5.82. The number of alkyl carbamates (subject to hydrolysis) is 1. The van der Waals surface area contributed by atoms with E-state index in [9.17, 15) is 14.4 Å². The summed E-state index contributed by atoms with van der Waals surface area (Å²) < 4.78 is 6.92. The standard InChI is InChI=1S/C26H32ClN7O4/c1-25(2,3)38-24(37)29-15-26(16-5-4-6-17(27)13-16)11-9-18(10-12-26)34-22(36)8-7-19(32-34)23-20(14-21(28)35)30-33-31-23/h4-8,13,18H,9-12,14-15H2,1-3H3,(H2,28,35)(H,29,37)(H,30,31,33)/t18-,26+. The van der Waals surface area contributed by atoms with Gasteiger partial charge in [0.05, 0.1) is 18.2 Å². The lowest BCUT2D eigenvalue weighted by atomic mass is 9.68. The third-order valence-corrected chi connectivity index (χ3v) is 6.94. The van der Waals surface area contributed by atoms with E-state index in [0.29, 0.717) is 54.3 Å². The molecule has 202 valence electrons. The van der Waals surface area contributed by atoms with Gasteiger partial charge < -0.3 is 15.8 Å². The molecule has 4 N–H and O–H groups in total. The highest BCUT2D eigenvalue weighted by atomic mass is 35.5. The number of halogens is 1. The van der Waals surface area contributed by atoms with Crippen LogP contribution in [0.25, 0.3) is 11.4 Å². The molecule has 2 aromatic heterocycles. The molecule has 11 nitrogen and oxygen atoms in total. The average Bonchev–Trinajstić information content (AvgIpc) is 3.30. The first kappa shape index (κ1) is 27.3. The Balaban J connectivity index is 1.57. The van der Waals surface area contributed by atoms with Crippen molar-refractivity contribution in [2.24, 2.45) is 5.73 Å². The van der Waals surface area contributed by atoms with Crippen LogP contribution in [0.1, 0.15) is 63.8 Å². The number of nitrogens with zero attached hydrogens (tertiary/aromatic N) is 4. The highest BCUT2D eigenvalue weighted by Gasteiger charge is 2.39. The van der Waals surface area contributed by atoms with Gasteiger partial charge in [0.2, 0.25) is 5.91 Å². The lowest BCUT2D eigenvalue weighted by Gasteiger charge is -2.41. The molecule has 0 unspecified atom stereocenters. The smallest absolute Gasteiger partial charge is 0.407 e. The second-order valence-electron chi connectivity index (χ2n) is 10.7. The van der Waals surface area contributed by atoms with Crippen LogP contribution in [-0.4, -0.2) is 49.3 Å². The fraction of sp³-hybridized carbons (Fsp3) is 0.462. The first-order valence-electron chi connectivity index (χ1n) is 12.5. The predicted molar refractivity (Wildman–Crippen MR) is 142 cm³/mol. The number of aromatic amines is 1. The van der Waals surface area contributed by atoms with Crippen molar-refractivity contribution in [2.45, 2.75) is 69.9 Å². The molecule has 1 fully saturated rings. The third kappa shape index (κ3) is 6.39. The summed E-state index contributed by atoms with van der Waals surface area (Å²) in [4.78, 5) is 36.7. The second-order valence-corrected chi connectivity index (χ2v) is 11.1. The van der Waals surface area contributed by atoms with Gasteiger partial charge in [-0.15, -0.1) is 5.10 Å². The molecule has 1 aliphatic carbocycles. The minimum Gasteiger partial charge on any atom is -0.444 e. The Morgan fingerprint density at radius 3 is 2.63 bits per heavy atom. The maximum atomic E-state index is 12.8. The number of benzene rings is 1. The maximum Gasteiger partial charge on any atom is 0.407 e. The number of H-pyrrole nitrogens is 1. The molecule has 3 aromatic rings. The molecule has 1 aliphatic rings. The van der Waals surface area contributed by atoms with Crippen LogP contribution in [0.3, 0.4) is 0 Å². The van der Waals surface area contributed by atoms with E-state index in [1.807, 2.05) is 45.0 Å². The van der Waals surface area contributed by atoms with E-state index in [1.54, 1.807) is 6.07 Å². The first-order chi connectivity index (χ1) is 18.0. The SMILES string of the molecule is CC(C)(C)OC(=O)NC[C@]1(c2cccc(Cl)c2)CC[C@@H](n2nc(-c3nn[nH]c3CC(N)=O)ccc2=O)CC1. The number of carbonyl (C=O) groups is 2. The van der Waals surface area contributed by atoms with E-state index in [0.717, 1.165) is 5.56 Å². The zero-order valence-corrected chi connectivity index (χ0v) is 22.4. The number of rotatable bonds is 7. The molecule has 4 rings (SSSR count). The van der Waals surface area contributed by atoms with Gasteiger partial charge in [0, 0.05) is 23.0 Å². The summed E-state index contributed by atoms with van der Waals surface area (Å²) in [7, 11) is 0. The molecule has 38 heavy (non-hydrogen) atoms. The number of nitrogens with one attached hydrogen (secondary N) is 2. The third-order valence-electron chi connectivity index (χ3n) is 6.70. The van der Waals surface area contributed by atoms with Crippen LogP contribution in [0.4, 0.5) is 4.79 Å². The van der Waals surface area contributed by atoms with Gasteiger partial charge in [-0.1, -0.05) is 28.9 Å². The van der Waals surface area contributed by atoms with Crippen molar-refractivity contribution in [3.05, 3.63) is 63.0 Å². The van der Waals surface area contributed by atoms with Gasteiger partial charge in [-0.2, -0.15) is 5.10 Å². The molecule has 1 aromatic carbocycles. The highest BCUT2D eigenvalue weighted by molar-refractivity contribution is 6.30. The molecule has 2 amide bonds. The Kier molecular flexibility index (Phi) is 7.86. The number of ether oxygens (including phenoxy) is 1. The average molecular weight is 542 g/mol. The largest absolute Gasteiger partial charge is 0.444 e. The number of hydrogen-bond acceptors (Lipinski definition) is 7. The number of primary amides is 1. The van der Waals surface area contributed by atoms with Crippen LogP contribution in [-0.2, 0) is 21.4 Å². The molecule has 0 bridgehead atoms. The fourth-order valence-corrected chi connectivity index (χ4v) is 5.10. The van der Waals surface area contributed by atoms with Crippen LogP contribution in [0.5, 0.6) is 0 Å². The van der Waals surface area contributed by atoms with Gasteiger partial charge in [-0.3, -0.25) is 14.7 Å². The molecular formula is C26H32ClN7O4. The van der Waals surface area contributed by atoms with Gasteiger partial charge >= 0.3 is 6.09 Å². The predicted octanol–water partition coefficient (Wildman–Crippen LogP) is 3.29. The van der Waals surface area contributed by atoms with Gasteiger partial charge in [0.25, 0.3) is 5.56 Å². The molecular weight excluding hydrogens is 510 g/mol. The first-order valence-corrected chi connectivity index (χ1v) is 12.8. The van der Waals surface area contributed by atoms with E-state index in [1.165, 1.54) is 10.7 Å². The molecule has 2 heterocycles. The van der Waals surface area contributed by atoms with Crippen molar-refractivity contribution >= 4 is 23.6 Å². The van der Waals surface area contributed by atoms with Crippen LogP contribution < -0.4 is 16.6 Å². The van der Waals surface area contributed by atoms with Crippen LogP contribution in [0.2, 0.25) is 5.02 Å². The van der Waals surface area contributed by atoms with Gasteiger partial charge in [0.15, 0.2) is 0 Å². The fourth-order valence-electron chi connectivity index (χ4n) is 4.91. The number of amides is 2. The van der Waals surface area contributed by atoms with E-state index in [-0.39, 0.29) is 23.4 Å². The number of carbonyl (C=O) groups excluding carboxylic acids is 2. The topological polar surface area (TPSA) is 158 Å². The molecule has 0 atom stereocenters. The Bertz CT molecular complexity index is 1370. The normalized spacial score (nSPS) is 19.6. The van der Waals surface area contributed by atoms with E-state index < -0.39 is 17.6 Å². The van der Waals surface area contributed by atoms with E-state index in [4.69, 9.17) is 22.1 Å². The Morgan fingerprint density at radius 2 is 1.97 bits per heavy atom. The van der Waals surface area contributed by atoms with Crippen molar-refractivity contribution < 1.29 is 14.3 Å². The van der Waals surface area contributed by atoms with Crippen LogP contribution in [0.15, 0.2) is 41.2 Å². The minimum atomic E-state index is -0.607. The quantitative estimate of drug-likeness (QED) is 0.414. The van der Waals surface area contributed by atoms with Crippen molar-refractivity contribution in [1.82, 2.24) is 30.5 Å².